The van der Waals surface area contributed by atoms with Gasteiger partial charge in [0.2, 0.25) is 0 Å². The smallest absolute Gasteiger partial charge is 0.335 e. The van der Waals surface area contributed by atoms with E-state index in [4.69, 9.17) is 5.11 Å². The van der Waals surface area contributed by atoms with Crippen molar-refractivity contribution in [3.63, 3.8) is 0 Å². The molecule has 0 aromatic heterocycles. The van der Waals surface area contributed by atoms with E-state index < -0.39 is 5.97 Å². The van der Waals surface area contributed by atoms with Crippen LogP contribution in [0.5, 0.6) is 0 Å². The van der Waals surface area contributed by atoms with Crippen LogP contribution in [0.1, 0.15) is 77.9 Å². The maximum Gasteiger partial charge on any atom is 0.335 e. The van der Waals surface area contributed by atoms with Crippen LogP contribution in [0.2, 0.25) is 0 Å². The Labute approximate surface area is 155 Å². The van der Waals surface area contributed by atoms with Crippen molar-refractivity contribution in [2.24, 2.45) is 0 Å². The molecule has 0 amide bonds. The number of aromatic carboxylic acids is 1. The largest absolute Gasteiger partial charge is 0.478 e. The Morgan fingerprint density at radius 3 is 1.96 bits per heavy atom. The van der Waals surface area contributed by atoms with Gasteiger partial charge in [0.15, 0.2) is 5.78 Å². The summed E-state index contributed by atoms with van der Waals surface area (Å²) in [6.45, 7) is 9.04. The van der Waals surface area contributed by atoms with E-state index in [1.54, 1.807) is 24.3 Å². The van der Waals surface area contributed by atoms with Gasteiger partial charge in [-0.25, -0.2) is 4.79 Å². The minimum atomic E-state index is -0.956. The fraction of sp³-hybridized carbons (Fsp3) is 0.391. The molecule has 136 valence electrons. The van der Waals surface area contributed by atoms with Crippen LogP contribution in [0.25, 0.3) is 0 Å². The van der Waals surface area contributed by atoms with Crippen molar-refractivity contribution in [1.29, 1.82) is 0 Å². The van der Waals surface area contributed by atoms with Crippen LogP contribution in [-0.2, 0) is 17.3 Å². The molecule has 2 aromatic rings. The van der Waals surface area contributed by atoms with Gasteiger partial charge >= 0.3 is 5.97 Å². The standard InChI is InChI=1S/C23H26O3/c1-22(2)11-12-23(3,4)19-14-17(9-10-18(19)22)20(24)13-15-5-7-16(8-6-15)21(25)26/h5-10,14H,11-13H2,1-4H3,(H,25,26). The van der Waals surface area contributed by atoms with E-state index in [1.165, 1.54) is 11.1 Å². The van der Waals surface area contributed by atoms with Gasteiger partial charge < -0.3 is 5.11 Å². The second-order valence-corrected chi connectivity index (χ2v) is 8.63. The van der Waals surface area contributed by atoms with Crippen molar-refractivity contribution < 1.29 is 14.7 Å². The topological polar surface area (TPSA) is 54.4 Å². The average molecular weight is 350 g/mol. The molecule has 0 atom stereocenters. The summed E-state index contributed by atoms with van der Waals surface area (Å²) in [4.78, 5) is 23.7. The molecule has 0 unspecified atom stereocenters. The van der Waals surface area contributed by atoms with E-state index in [1.807, 2.05) is 6.07 Å². The first-order valence-electron chi connectivity index (χ1n) is 9.11. The van der Waals surface area contributed by atoms with Gasteiger partial charge in [0, 0.05) is 12.0 Å². The van der Waals surface area contributed by atoms with Gasteiger partial charge in [-0.15, -0.1) is 0 Å². The lowest BCUT2D eigenvalue weighted by Gasteiger charge is -2.42. The Kier molecular flexibility index (Phi) is 4.51. The Balaban J connectivity index is 1.88. The lowest BCUT2D eigenvalue weighted by molar-refractivity contribution is 0.0696. The molecule has 0 aliphatic heterocycles. The van der Waals surface area contributed by atoms with Crippen molar-refractivity contribution >= 4 is 11.8 Å². The van der Waals surface area contributed by atoms with E-state index >= 15 is 0 Å². The molecule has 3 rings (SSSR count). The summed E-state index contributed by atoms with van der Waals surface area (Å²) >= 11 is 0. The fourth-order valence-corrected chi connectivity index (χ4v) is 3.81. The Bertz CT molecular complexity index is 858. The molecular weight excluding hydrogens is 324 g/mol. The number of fused-ring (bicyclic) bond motifs is 1. The molecule has 0 radical (unpaired) electrons. The lowest BCUT2D eigenvalue weighted by atomic mass is 9.63. The van der Waals surface area contributed by atoms with Gasteiger partial charge in [0.1, 0.15) is 0 Å². The summed E-state index contributed by atoms with van der Waals surface area (Å²) in [5.74, 6) is -0.891. The number of carboxylic acid groups (broad SMARTS) is 1. The van der Waals surface area contributed by atoms with E-state index in [-0.39, 0.29) is 28.6 Å². The molecule has 0 bridgehead atoms. The summed E-state index contributed by atoms with van der Waals surface area (Å²) in [6.07, 6.45) is 2.54. The fourth-order valence-electron chi connectivity index (χ4n) is 3.81. The highest BCUT2D eigenvalue weighted by atomic mass is 16.4. The van der Waals surface area contributed by atoms with E-state index in [9.17, 15) is 9.59 Å². The van der Waals surface area contributed by atoms with Gasteiger partial charge in [-0.1, -0.05) is 52.0 Å². The molecule has 3 heteroatoms. The maximum absolute atomic E-state index is 12.8. The van der Waals surface area contributed by atoms with Crippen LogP contribution < -0.4 is 0 Å². The van der Waals surface area contributed by atoms with Crippen molar-refractivity contribution in [1.82, 2.24) is 0 Å². The zero-order valence-corrected chi connectivity index (χ0v) is 15.9. The zero-order valence-electron chi connectivity index (χ0n) is 15.9. The third-order valence-corrected chi connectivity index (χ3v) is 5.74. The molecule has 2 aromatic carbocycles. The van der Waals surface area contributed by atoms with Gasteiger partial charge in [0.05, 0.1) is 5.56 Å². The summed E-state index contributed by atoms with van der Waals surface area (Å²) in [5.41, 5.74) is 4.63. The number of hydrogen-bond donors (Lipinski definition) is 1. The summed E-state index contributed by atoms with van der Waals surface area (Å²) in [5, 5.41) is 8.97. The highest BCUT2D eigenvalue weighted by Crippen LogP contribution is 2.45. The van der Waals surface area contributed by atoms with Gasteiger partial charge in [-0.2, -0.15) is 0 Å². The molecule has 0 fully saturated rings. The van der Waals surface area contributed by atoms with Crippen molar-refractivity contribution in [3.05, 3.63) is 70.3 Å². The van der Waals surface area contributed by atoms with Crippen molar-refractivity contribution in [3.8, 4) is 0 Å². The number of rotatable bonds is 4. The minimum Gasteiger partial charge on any atom is -0.478 e. The Morgan fingerprint density at radius 2 is 1.38 bits per heavy atom. The second-order valence-electron chi connectivity index (χ2n) is 8.63. The second kappa shape index (κ2) is 6.39. The monoisotopic (exact) mass is 350 g/mol. The summed E-state index contributed by atoms with van der Waals surface area (Å²) < 4.78 is 0. The van der Waals surface area contributed by atoms with Crippen LogP contribution >= 0.6 is 0 Å². The Morgan fingerprint density at radius 1 is 0.846 bits per heavy atom. The SMILES string of the molecule is CC1(C)CCC(C)(C)c2cc(C(=O)Cc3ccc(C(=O)O)cc3)ccc21. The van der Waals surface area contributed by atoms with Crippen LogP contribution in [0.3, 0.4) is 0 Å². The summed E-state index contributed by atoms with van der Waals surface area (Å²) in [7, 11) is 0. The minimum absolute atomic E-state index is 0.0649. The van der Waals surface area contributed by atoms with Gasteiger partial charge in [-0.05, 0) is 58.6 Å². The van der Waals surface area contributed by atoms with Crippen LogP contribution in [0, 0.1) is 0 Å². The normalized spacial score (nSPS) is 17.4. The average Bonchev–Trinajstić information content (AvgIpc) is 2.59. The number of benzene rings is 2. The first kappa shape index (κ1) is 18.4. The molecule has 0 heterocycles. The number of carbonyl (C=O) groups excluding carboxylic acids is 1. The highest BCUT2D eigenvalue weighted by molar-refractivity contribution is 5.98. The van der Waals surface area contributed by atoms with Crippen LogP contribution in [0.4, 0.5) is 0 Å². The lowest BCUT2D eigenvalue weighted by Crippen LogP contribution is -2.34. The predicted octanol–water partition coefficient (Wildman–Crippen LogP) is 5.16. The van der Waals surface area contributed by atoms with Gasteiger partial charge in [0.25, 0.3) is 0 Å². The molecule has 26 heavy (non-hydrogen) atoms. The molecule has 1 aliphatic carbocycles. The van der Waals surface area contributed by atoms with E-state index in [0.29, 0.717) is 0 Å². The first-order chi connectivity index (χ1) is 12.1. The third-order valence-electron chi connectivity index (χ3n) is 5.74. The molecule has 0 saturated carbocycles. The highest BCUT2D eigenvalue weighted by Gasteiger charge is 2.37. The van der Waals surface area contributed by atoms with Crippen LogP contribution in [-0.4, -0.2) is 16.9 Å². The Hall–Kier alpha value is -2.42. The number of carboxylic acids is 1. The predicted molar refractivity (Wildman–Crippen MR) is 103 cm³/mol. The van der Waals surface area contributed by atoms with Gasteiger partial charge in [-0.3, -0.25) is 4.79 Å². The van der Waals surface area contributed by atoms with E-state index in [0.717, 1.165) is 24.0 Å². The molecule has 0 spiro atoms. The molecule has 0 saturated heterocycles. The third kappa shape index (κ3) is 3.44. The number of ketones is 1. The summed E-state index contributed by atoms with van der Waals surface area (Å²) in [6, 6.07) is 12.7. The van der Waals surface area contributed by atoms with Crippen LogP contribution in [0.15, 0.2) is 42.5 Å². The van der Waals surface area contributed by atoms with Crippen molar-refractivity contribution in [2.45, 2.75) is 57.8 Å². The number of Topliss-reactive ketones (excluding diaryl/α,β-unsaturated/α-hetero) is 1. The van der Waals surface area contributed by atoms with E-state index in [2.05, 4.69) is 39.8 Å². The molecule has 1 N–H and O–H groups in total. The molecule has 3 nitrogen and oxygen atoms in total. The molecular formula is C23H26O3. The van der Waals surface area contributed by atoms with Crippen molar-refractivity contribution in [2.75, 3.05) is 0 Å². The quantitative estimate of drug-likeness (QED) is 0.775. The molecule has 1 aliphatic rings. The number of hydrogen-bond acceptors (Lipinski definition) is 2. The number of carbonyl (C=O) groups is 2. The maximum atomic E-state index is 12.8. The first-order valence-corrected chi connectivity index (χ1v) is 9.11. The zero-order chi connectivity index (χ0) is 19.1.